The first-order chi connectivity index (χ1) is 6.19. The van der Waals surface area contributed by atoms with Gasteiger partial charge in [-0.25, -0.2) is 0 Å². The third kappa shape index (κ3) is 2.29. The highest BCUT2D eigenvalue weighted by Crippen LogP contribution is 2.20. The van der Waals surface area contributed by atoms with Crippen LogP contribution in [-0.2, 0) is 6.61 Å². The first-order valence-electron chi connectivity index (χ1n) is 4.65. The minimum Gasteiger partial charge on any atom is -0.392 e. The molecule has 1 aromatic carbocycles. The second kappa shape index (κ2) is 4.40. The third-order valence-corrected chi connectivity index (χ3v) is 2.31. The second-order valence-corrected chi connectivity index (χ2v) is 3.38. The van der Waals surface area contributed by atoms with E-state index >= 15 is 0 Å². The Morgan fingerprint density at radius 1 is 1.46 bits per heavy atom. The molecule has 1 rings (SSSR count). The van der Waals surface area contributed by atoms with Crippen LogP contribution in [0.1, 0.15) is 36.1 Å². The summed E-state index contributed by atoms with van der Waals surface area (Å²) in [6, 6.07) is 6.04. The van der Waals surface area contributed by atoms with Crippen LogP contribution in [0, 0.1) is 6.92 Å². The molecule has 0 amide bonds. The SMILES string of the molecule is CC[C@H](N)c1cc(C)ccc1CO. The molecule has 0 heterocycles. The van der Waals surface area contributed by atoms with Crippen molar-refractivity contribution in [3.63, 3.8) is 0 Å². The smallest absolute Gasteiger partial charge is 0.0685 e. The van der Waals surface area contributed by atoms with Crippen LogP contribution in [0.25, 0.3) is 0 Å². The van der Waals surface area contributed by atoms with Crippen LogP contribution < -0.4 is 5.73 Å². The molecule has 2 nitrogen and oxygen atoms in total. The number of aliphatic hydroxyl groups excluding tert-OH is 1. The lowest BCUT2D eigenvalue weighted by Gasteiger charge is -2.14. The molecule has 0 unspecified atom stereocenters. The molecule has 0 aromatic heterocycles. The predicted octanol–water partition coefficient (Wildman–Crippen LogP) is 1.90. The van der Waals surface area contributed by atoms with Gasteiger partial charge in [0.1, 0.15) is 0 Å². The van der Waals surface area contributed by atoms with Crippen LogP contribution in [0.2, 0.25) is 0 Å². The number of aryl methyl sites for hydroxylation is 1. The van der Waals surface area contributed by atoms with Gasteiger partial charge in [0.05, 0.1) is 6.61 Å². The summed E-state index contributed by atoms with van der Waals surface area (Å²) in [6.45, 7) is 4.16. The predicted molar refractivity (Wildman–Crippen MR) is 54.3 cm³/mol. The molecule has 0 saturated carbocycles. The van der Waals surface area contributed by atoms with Crippen LogP contribution in [0.5, 0.6) is 0 Å². The van der Waals surface area contributed by atoms with Crippen LogP contribution >= 0.6 is 0 Å². The van der Waals surface area contributed by atoms with Crippen molar-refractivity contribution in [3.05, 3.63) is 34.9 Å². The Labute approximate surface area is 79.4 Å². The van der Waals surface area contributed by atoms with Gasteiger partial charge in [-0.15, -0.1) is 0 Å². The number of rotatable bonds is 3. The topological polar surface area (TPSA) is 46.2 Å². The highest BCUT2D eigenvalue weighted by atomic mass is 16.3. The molecule has 13 heavy (non-hydrogen) atoms. The Balaban J connectivity index is 3.07. The van der Waals surface area contributed by atoms with E-state index in [0.29, 0.717) is 0 Å². The maximum Gasteiger partial charge on any atom is 0.0685 e. The van der Waals surface area contributed by atoms with Crippen molar-refractivity contribution in [3.8, 4) is 0 Å². The van der Waals surface area contributed by atoms with Gasteiger partial charge in [0, 0.05) is 6.04 Å². The minimum atomic E-state index is 0.0436. The van der Waals surface area contributed by atoms with Gasteiger partial charge in [0.2, 0.25) is 0 Å². The lowest BCUT2D eigenvalue weighted by Crippen LogP contribution is -2.11. The van der Waals surface area contributed by atoms with Crippen LogP contribution in [0.3, 0.4) is 0 Å². The Morgan fingerprint density at radius 2 is 2.15 bits per heavy atom. The van der Waals surface area contributed by atoms with E-state index in [4.69, 9.17) is 10.8 Å². The normalized spacial score (nSPS) is 12.9. The molecule has 1 aromatic rings. The Morgan fingerprint density at radius 3 is 2.69 bits per heavy atom. The molecule has 0 radical (unpaired) electrons. The summed E-state index contributed by atoms with van der Waals surface area (Å²) in [5.41, 5.74) is 9.14. The van der Waals surface area contributed by atoms with Crippen molar-refractivity contribution in [1.29, 1.82) is 0 Å². The fraction of sp³-hybridized carbons (Fsp3) is 0.455. The molecule has 72 valence electrons. The summed E-state index contributed by atoms with van der Waals surface area (Å²) >= 11 is 0. The molecule has 0 bridgehead atoms. The summed E-state index contributed by atoms with van der Waals surface area (Å²) in [5.74, 6) is 0. The fourth-order valence-corrected chi connectivity index (χ4v) is 1.42. The van der Waals surface area contributed by atoms with E-state index in [1.165, 1.54) is 5.56 Å². The average molecular weight is 179 g/mol. The van der Waals surface area contributed by atoms with Gasteiger partial charge in [-0.2, -0.15) is 0 Å². The quantitative estimate of drug-likeness (QED) is 0.744. The van der Waals surface area contributed by atoms with E-state index < -0.39 is 0 Å². The second-order valence-electron chi connectivity index (χ2n) is 3.38. The Kier molecular flexibility index (Phi) is 3.46. The van der Waals surface area contributed by atoms with E-state index in [0.717, 1.165) is 17.5 Å². The van der Waals surface area contributed by atoms with Crippen molar-refractivity contribution >= 4 is 0 Å². The van der Waals surface area contributed by atoms with E-state index in [9.17, 15) is 0 Å². The number of hydrogen-bond acceptors (Lipinski definition) is 2. The Hall–Kier alpha value is -0.860. The summed E-state index contributed by atoms with van der Waals surface area (Å²) in [6.07, 6.45) is 0.899. The minimum absolute atomic E-state index is 0.0436. The lowest BCUT2D eigenvalue weighted by atomic mass is 9.97. The molecule has 3 N–H and O–H groups in total. The van der Waals surface area contributed by atoms with Crippen LogP contribution in [0.4, 0.5) is 0 Å². The average Bonchev–Trinajstić information content (AvgIpc) is 2.16. The van der Waals surface area contributed by atoms with E-state index in [-0.39, 0.29) is 12.6 Å². The maximum atomic E-state index is 9.10. The summed E-state index contributed by atoms with van der Waals surface area (Å²) in [4.78, 5) is 0. The molecule has 0 spiro atoms. The maximum absolute atomic E-state index is 9.10. The Bertz CT molecular complexity index is 283. The van der Waals surface area contributed by atoms with E-state index in [2.05, 4.69) is 6.07 Å². The highest BCUT2D eigenvalue weighted by Gasteiger charge is 2.08. The zero-order chi connectivity index (χ0) is 9.84. The van der Waals surface area contributed by atoms with Gasteiger partial charge in [-0.3, -0.25) is 0 Å². The molecule has 0 aliphatic carbocycles. The first-order valence-corrected chi connectivity index (χ1v) is 4.65. The third-order valence-electron chi connectivity index (χ3n) is 2.31. The van der Waals surface area contributed by atoms with Crippen molar-refractivity contribution in [2.45, 2.75) is 32.9 Å². The summed E-state index contributed by atoms with van der Waals surface area (Å²) in [7, 11) is 0. The van der Waals surface area contributed by atoms with Crippen molar-refractivity contribution in [2.75, 3.05) is 0 Å². The number of benzene rings is 1. The van der Waals surface area contributed by atoms with Gasteiger partial charge in [-0.05, 0) is 24.5 Å². The van der Waals surface area contributed by atoms with E-state index in [1.807, 2.05) is 26.0 Å². The first kappa shape index (κ1) is 10.2. The van der Waals surface area contributed by atoms with Crippen molar-refractivity contribution in [1.82, 2.24) is 0 Å². The van der Waals surface area contributed by atoms with Crippen molar-refractivity contribution in [2.24, 2.45) is 5.73 Å². The van der Waals surface area contributed by atoms with Gasteiger partial charge < -0.3 is 10.8 Å². The zero-order valence-corrected chi connectivity index (χ0v) is 8.25. The van der Waals surface area contributed by atoms with E-state index in [1.54, 1.807) is 0 Å². The fourth-order valence-electron chi connectivity index (χ4n) is 1.42. The highest BCUT2D eigenvalue weighted by molar-refractivity contribution is 5.33. The molecule has 1 atom stereocenters. The lowest BCUT2D eigenvalue weighted by molar-refractivity contribution is 0.279. The van der Waals surface area contributed by atoms with Gasteiger partial charge in [-0.1, -0.05) is 30.7 Å². The monoisotopic (exact) mass is 179 g/mol. The van der Waals surface area contributed by atoms with Crippen LogP contribution in [0.15, 0.2) is 18.2 Å². The van der Waals surface area contributed by atoms with Crippen LogP contribution in [-0.4, -0.2) is 5.11 Å². The number of aliphatic hydroxyl groups is 1. The van der Waals surface area contributed by atoms with Gasteiger partial charge in [0.15, 0.2) is 0 Å². The summed E-state index contributed by atoms with van der Waals surface area (Å²) in [5, 5.41) is 9.10. The van der Waals surface area contributed by atoms with Gasteiger partial charge >= 0.3 is 0 Å². The summed E-state index contributed by atoms with van der Waals surface area (Å²) < 4.78 is 0. The van der Waals surface area contributed by atoms with Crippen molar-refractivity contribution < 1.29 is 5.11 Å². The molecular formula is C11H17NO. The number of hydrogen-bond donors (Lipinski definition) is 2. The molecule has 0 aliphatic rings. The zero-order valence-electron chi connectivity index (χ0n) is 8.25. The molecule has 0 aliphatic heterocycles. The largest absolute Gasteiger partial charge is 0.392 e. The number of nitrogens with two attached hydrogens (primary N) is 1. The molecule has 2 heteroatoms. The standard InChI is InChI=1S/C11H17NO/c1-3-11(12)10-6-8(2)4-5-9(10)7-13/h4-6,11,13H,3,7,12H2,1-2H3/t11-/m0/s1. The molecule has 0 saturated heterocycles. The molecule has 0 fully saturated rings. The molecular weight excluding hydrogens is 162 g/mol. The van der Waals surface area contributed by atoms with Gasteiger partial charge in [0.25, 0.3) is 0 Å².